The van der Waals surface area contributed by atoms with Crippen molar-refractivity contribution in [3.05, 3.63) is 96.8 Å². The molecule has 1 aliphatic rings. The van der Waals surface area contributed by atoms with Gasteiger partial charge in [-0.3, -0.25) is 10.1 Å². The van der Waals surface area contributed by atoms with Crippen LogP contribution in [0.25, 0.3) is 22.4 Å². The quantitative estimate of drug-likeness (QED) is 0.358. The average Bonchev–Trinajstić information content (AvgIpc) is 3.23. The van der Waals surface area contributed by atoms with Gasteiger partial charge in [-0.15, -0.1) is 11.3 Å². The van der Waals surface area contributed by atoms with Crippen molar-refractivity contribution in [3.63, 3.8) is 0 Å². The number of benzene rings is 2. The number of carboxylic acid groups (broad SMARTS) is 1. The van der Waals surface area contributed by atoms with Crippen LogP contribution in [0.2, 0.25) is 10.0 Å². The Morgan fingerprint density at radius 3 is 2.55 bits per heavy atom. The van der Waals surface area contributed by atoms with Gasteiger partial charge in [0.2, 0.25) is 0 Å². The van der Waals surface area contributed by atoms with Crippen LogP contribution >= 0.6 is 34.5 Å². The number of halogens is 2. The lowest BCUT2D eigenvalue weighted by molar-refractivity contribution is -0.535. The molecule has 6 nitrogen and oxygen atoms in total. The van der Waals surface area contributed by atoms with Gasteiger partial charge in [0, 0.05) is 26.5 Å². The number of nitrogens with zero attached hydrogens (tertiary/aromatic N) is 2. The molecule has 3 aromatic rings. The first-order valence-corrected chi connectivity index (χ1v) is 10.7. The molecule has 0 saturated carbocycles. The fourth-order valence-corrected chi connectivity index (χ4v) is 4.88. The van der Waals surface area contributed by atoms with Crippen LogP contribution in [0.5, 0.6) is 0 Å². The largest absolute Gasteiger partial charge is 0.476 e. The minimum atomic E-state index is -2.31. The molecule has 0 bridgehead atoms. The topological polar surface area (TPSA) is 93.3 Å². The van der Waals surface area contributed by atoms with E-state index in [9.17, 15) is 20.0 Å². The maximum absolute atomic E-state index is 12.2. The monoisotopic (exact) mass is 472 g/mol. The van der Waals surface area contributed by atoms with Crippen molar-refractivity contribution in [3.8, 4) is 11.3 Å². The summed E-state index contributed by atoms with van der Waals surface area (Å²) in [6.45, 7) is 0. The highest BCUT2D eigenvalue weighted by Crippen LogP contribution is 2.43. The molecule has 31 heavy (non-hydrogen) atoms. The summed E-state index contributed by atoms with van der Waals surface area (Å²) in [4.78, 5) is 28.1. The lowest BCUT2D eigenvalue weighted by atomic mass is 9.77. The van der Waals surface area contributed by atoms with Crippen molar-refractivity contribution in [2.45, 2.75) is 12.0 Å². The van der Waals surface area contributed by atoms with E-state index in [1.54, 1.807) is 60.0 Å². The van der Waals surface area contributed by atoms with Gasteiger partial charge >= 0.3 is 11.5 Å². The van der Waals surface area contributed by atoms with Gasteiger partial charge in [-0.1, -0.05) is 65.7 Å². The molecule has 0 amide bonds. The number of thiazole rings is 1. The molecule has 0 saturated heterocycles. The highest BCUT2D eigenvalue weighted by Gasteiger charge is 2.57. The van der Waals surface area contributed by atoms with E-state index in [0.717, 1.165) is 0 Å². The zero-order valence-electron chi connectivity index (χ0n) is 15.8. The molecule has 4 rings (SSSR count). The Labute approximate surface area is 191 Å². The van der Waals surface area contributed by atoms with E-state index >= 15 is 0 Å². The molecule has 1 atom stereocenters. The Balaban J connectivity index is 1.80. The number of aromatic nitrogens is 1. The van der Waals surface area contributed by atoms with Gasteiger partial charge in [0.05, 0.1) is 17.1 Å². The second-order valence-corrected chi connectivity index (χ2v) is 8.60. The van der Waals surface area contributed by atoms with Gasteiger partial charge in [-0.25, -0.2) is 9.78 Å². The highest BCUT2D eigenvalue weighted by molar-refractivity contribution is 7.11. The third kappa shape index (κ3) is 3.76. The Bertz CT molecular complexity index is 1240. The minimum Gasteiger partial charge on any atom is -0.476 e. The lowest BCUT2D eigenvalue weighted by Crippen LogP contribution is -2.48. The van der Waals surface area contributed by atoms with E-state index in [4.69, 9.17) is 23.2 Å². The molecule has 156 valence electrons. The van der Waals surface area contributed by atoms with Gasteiger partial charge in [0.15, 0.2) is 0 Å². The summed E-state index contributed by atoms with van der Waals surface area (Å²) in [5, 5.41) is 25.2. The van der Waals surface area contributed by atoms with Crippen LogP contribution in [0.3, 0.4) is 0 Å². The zero-order valence-corrected chi connectivity index (χ0v) is 18.1. The van der Waals surface area contributed by atoms with Crippen LogP contribution < -0.4 is 0 Å². The minimum absolute atomic E-state index is 0.131. The van der Waals surface area contributed by atoms with E-state index in [0.29, 0.717) is 37.4 Å². The summed E-state index contributed by atoms with van der Waals surface area (Å²) in [6.07, 6.45) is 2.87. The van der Waals surface area contributed by atoms with E-state index in [1.165, 1.54) is 17.4 Å². The average molecular weight is 473 g/mol. The number of carboxylic acids is 1. The van der Waals surface area contributed by atoms with Crippen molar-refractivity contribution in [1.82, 2.24) is 4.98 Å². The Morgan fingerprint density at radius 2 is 1.90 bits per heavy atom. The molecule has 1 heterocycles. The smallest absolute Gasteiger partial charge is 0.387 e. The van der Waals surface area contributed by atoms with Crippen LogP contribution in [0.15, 0.2) is 66.1 Å². The SMILES string of the molecule is O=C(O)C1([N+](=O)[O-])CC(c2nc(-c3ccc(Cl)cc3Cl)cs2)=CC=C1c1ccccc1. The Morgan fingerprint density at radius 1 is 1.16 bits per heavy atom. The molecule has 1 N–H and O–H groups in total. The number of hydrogen-bond acceptors (Lipinski definition) is 5. The lowest BCUT2D eigenvalue weighted by Gasteiger charge is -2.27. The van der Waals surface area contributed by atoms with Gasteiger partial charge < -0.3 is 5.11 Å². The Hall–Kier alpha value is -3.00. The second kappa shape index (κ2) is 8.26. The molecule has 0 spiro atoms. The van der Waals surface area contributed by atoms with Gasteiger partial charge in [0.1, 0.15) is 5.01 Å². The maximum Gasteiger partial charge on any atom is 0.387 e. The number of rotatable bonds is 5. The van der Waals surface area contributed by atoms with Crippen molar-refractivity contribution < 1.29 is 14.8 Å². The van der Waals surface area contributed by atoms with Gasteiger partial charge in [0.25, 0.3) is 0 Å². The second-order valence-electron chi connectivity index (χ2n) is 6.90. The molecule has 1 aromatic heterocycles. The fraction of sp³-hybridized carbons (Fsp3) is 0.0909. The van der Waals surface area contributed by atoms with Crippen molar-refractivity contribution >= 4 is 51.7 Å². The zero-order chi connectivity index (χ0) is 22.2. The molecule has 1 unspecified atom stereocenters. The number of carbonyl (C=O) groups is 1. The van der Waals surface area contributed by atoms with Crippen molar-refractivity contribution in [1.29, 1.82) is 0 Å². The summed E-state index contributed by atoms with van der Waals surface area (Å²) in [6, 6.07) is 13.6. The molecule has 9 heteroatoms. The summed E-state index contributed by atoms with van der Waals surface area (Å²) >= 11 is 13.5. The standard InChI is InChI=1S/C22H14Cl2N2O4S/c23-15-7-8-16(18(24)10-15)19-12-31-20(25-19)14-6-9-17(13-4-2-1-3-5-13)22(11-14,21(27)28)26(29)30/h1-10,12H,11H2,(H,27,28). The van der Waals surface area contributed by atoms with Crippen LogP contribution in [-0.4, -0.2) is 26.5 Å². The van der Waals surface area contributed by atoms with E-state index in [-0.39, 0.29) is 12.0 Å². The van der Waals surface area contributed by atoms with Crippen LogP contribution in [0.1, 0.15) is 17.0 Å². The maximum atomic E-state index is 12.2. The molecule has 1 aliphatic carbocycles. The predicted molar refractivity (Wildman–Crippen MR) is 122 cm³/mol. The molecule has 0 aliphatic heterocycles. The third-order valence-corrected chi connectivity index (χ3v) is 6.54. The van der Waals surface area contributed by atoms with Crippen LogP contribution in [-0.2, 0) is 4.79 Å². The molecule has 2 aromatic carbocycles. The van der Waals surface area contributed by atoms with E-state index in [1.807, 2.05) is 0 Å². The van der Waals surface area contributed by atoms with E-state index < -0.39 is 16.4 Å². The normalized spacial score (nSPS) is 18.3. The summed E-state index contributed by atoms with van der Waals surface area (Å²) in [7, 11) is 0. The van der Waals surface area contributed by atoms with Crippen molar-refractivity contribution in [2.24, 2.45) is 0 Å². The molecular formula is C22H14Cl2N2O4S. The van der Waals surface area contributed by atoms with Crippen molar-refractivity contribution in [2.75, 3.05) is 0 Å². The Kier molecular flexibility index (Phi) is 5.66. The molecule has 0 radical (unpaired) electrons. The number of allylic oxidation sites excluding steroid dienone is 2. The molecule has 0 fully saturated rings. The van der Waals surface area contributed by atoms with Gasteiger partial charge in [-0.2, -0.15) is 0 Å². The first kappa shape index (κ1) is 21.2. The third-order valence-electron chi connectivity index (χ3n) is 5.08. The fourth-order valence-electron chi connectivity index (χ4n) is 3.53. The van der Waals surface area contributed by atoms with Crippen LogP contribution in [0, 0.1) is 10.1 Å². The van der Waals surface area contributed by atoms with Crippen LogP contribution in [0.4, 0.5) is 0 Å². The number of nitro groups is 1. The first-order chi connectivity index (χ1) is 14.8. The number of aliphatic carboxylic acids is 1. The summed E-state index contributed by atoms with van der Waals surface area (Å²) in [5.41, 5.74) is 0.0400. The summed E-state index contributed by atoms with van der Waals surface area (Å²) < 4.78 is 0. The van der Waals surface area contributed by atoms with Gasteiger partial charge in [-0.05, 0) is 29.3 Å². The molecular weight excluding hydrogens is 459 g/mol. The summed E-state index contributed by atoms with van der Waals surface area (Å²) in [5.74, 6) is -1.52. The highest BCUT2D eigenvalue weighted by atomic mass is 35.5. The predicted octanol–water partition coefficient (Wildman–Crippen LogP) is 6.09. The first-order valence-electron chi connectivity index (χ1n) is 9.09. The number of hydrogen-bond donors (Lipinski definition) is 1. The van der Waals surface area contributed by atoms with E-state index in [2.05, 4.69) is 4.98 Å².